The number of carbonyl (C=O) groups excluding carboxylic acids is 2. The monoisotopic (exact) mass is 259 g/mol. The molecule has 104 valence electrons. The summed E-state index contributed by atoms with van der Waals surface area (Å²) in [6, 6.07) is -0.631. The molecule has 1 fully saturated rings. The van der Waals surface area contributed by atoms with Gasteiger partial charge in [0.25, 0.3) is 0 Å². The second-order valence-corrected chi connectivity index (χ2v) is 5.28. The molecule has 1 aliphatic heterocycles. The SMILES string of the molecule is CO[C@@H]1C[C@@H](NC(=O)OC(C)(C)C)C(=O)[C@@H](C)O1. The van der Waals surface area contributed by atoms with Crippen LogP contribution in [0.3, 0.4) is 0 Å². The van der Waals surface area contributed by atoms with Crippen LogP contribution in [0.1, 0.15) is 34.1 Å². The standard InChI is InChI=1S/C12H21NO5/c1-7-10(14)8(6-9(16-5)17-7)13-11(15)18-12(2,3)4/h7-9H,6H2,1-5H3,(H,13,15)/t7-,8-,9+/m1/s1. The lowest BCUT2D eigenvalue weighted by atomic mass is 10.0. The molecular weight excluding hydrogens is 238 g/mol. The Balaban J connectivity index is 2.59. The lowest BCUT2D eigenvalue weighted by Crippen LogP contribution is -2.53. The van der Waals surface area contributed by atoms with E-state index in [0.717, 1.165) is 0 Å². The van der Waals surface area contributed by atoms with Crippen molar-refractivity contribution < 1.29 is 23.8 Å². The number of Topliss-reactive ketones (excluding diaryl/α,β-unsaturated/α-hetero) is 1. The summed E-state index contributed by atoms with van der Waals surface area (Å²) in [4.78, 5) is 23.4. The van der Waals surface area contributed by atoms with Crippen molar-refractivity contribution in [3.63, 3.8) is 0 Å². The summed E-state index contributed by atoms with van der Waals surface area (Å²) < 4.78 is 15.5. The molecule has 1 N–H and O–H groups in total. The molecule has 0 aromatic rings. The van der Waals surface area contributed by atoms with Gasteiger partial charge in [-0.25, -0.2) is 4.79 Å². The maximum Gasteiger partial charge on any atom is 0.408 e. The minimum atomic E-state index is -0.631. The highest BCUT2D eigenvalue weighted by Gasteiger charge is 2.36. The van der Waals surface area contributed by atoms with E-state index in [9.17, 15) is 9.59 Å². The Morgan fingerprint density at radius 1 is 1.44 bits per heavy atom. The lowest BCUT2D eigenvalue weighted by molar-refractivity contribution is -0.187. The van der Waals surface area contributed by atoms with Crippen molar-refractivity contribution in [2.24, 2.45) is 0 Å². The smallest absolute Gasteiger partial charge is 0.408 e. The fraction of sp³-hybridized carbons (Fsp3) is 0.833. The van der Waals surface area contributed by atoms with Crippen LogP contribution in [0, 0.1) is 0 Å². The van der Waals surface area contributed by atoms with Crippen LogP contribution in [0.25, 0.3) is 0 Å². The van der Waals surface area contributed by atoms with Crippen LogP contribution >= 0.6 is 0 Å². The Morgan fingerprint density at radius 3 is 2.56 bits per heavy atom. The van der Waals surface area contributed by atoms with E-state index in [4.69, 9.17) is 14.2 Å². The maximum absolute atomic E-state index is 11.8. The second-order valence-electron chi connectivity index (χ2n) is 5.28. The van der Waals surface area contributed by atoms with Crippen LogP contribution in [0.5, 0.6) is 0 Å². The molecule has 0 unspecified atom stereocenters. The minimum absolute atomic E-state index is 0.172. The highest BCUT2D eigenvalue weighted by atomic mass is 16.7. The number of amides is 1. The van der Waals surface area contributed by atoms with Crippen molar-refractivity contribution in [1.29, 1.82) is 0 Å². The van der Waals surface area contributed by atoms with Crippen molar-refractivity contribution in [1.82, 2.24) is 5.32 Å². The molecule has 3 atom stereocenters. The molecule has 1 saturated heterocycles. The van der Waals surface area contributed by atoms with E-state index in [1.54, 1.807) is 27.7 Å². The predicted molar refractivity (Wildman–Crippen MR) is 64.1 cm³/mol. The Hall–Kier alpha value is -1.14. The fourth-order valence-electron chi connectivity index (χ4n) is 1.67. The molecule has 1 amide bonds. The summed E-state index contributed by atoms with van der Waals surface area (Å²) in [5.74, 6) is -0.172. The minimum Gasteiger partial charge on any atom is -0.444 e. The van der Waals surface area contributed by atoms with Crippen molar-refractivity contribution in [2.45, 2.75) is 58.2 Å². The van der Waals surface area contributed by atoms with E-state index < -0.39 is 30.1 Å². The largest absolute Gasteiger partial charge is 0.444 e. The van der Waals surface area contributed by atoms with Crippen molar-refractivity contribution in [3.05, 3.63) is 0 Å². The number of ether oxygens (including phenoxy) is 3. The maximum atomic E-state index is 11.8. The molecule has 1 aliphatic rings. The quantitative estimate of drug-likeness (QED) is 0.807. The van der Waals surface area contributed by atoms with E-state index in [0.29, 0.717) is 6.42 Å². The Labute approximate surface area is 107 Å². The highest BCUT2D eigenvalue weighted by Crippen LogP contribution is 2.17. The van der Waals surface area contributed by atoms with E-state index >= 15 is 0 Å². The molecule has 0 saturated carbocycles. The van der Waals surface area contributed by atoms with Gasteiger partial charge in [-0.05, 0) is 27.7 Å². The van der Waals surface area contributed by atoms with E-state index in [1.165, 1.54) is 7.11 Å². The first-order valence-electron chi connectivity index (χ1n) is 5.94. The van der Waals surface area contributed by atoms with Gasteiger partial charge in [0.1, 0.15) is 11.7 Å². The van der Waals surface area contributed by atoms with Gasteiger partial charge >= 0.3 is 6.09 Å². The molecule has 0 spiro atoms. The molecule has 6 nitrogen and oxygen atoms in total. The van der Waals surface area contributed by atoms with Crippen LogP contribution in [0.15, 0.2) is 0 Å². The van der Waals surface area contributed by atoms with Gasteiger partial charge in [-0.3, -0.25) is 4.79 Å². The molecule has 6 heteroatoms. The summed E-state index contributed by atoms with van der Waals surface area (Å²) in [6.07, 6.45) is -1.40. The number of alkyl carbamates (subject to hydrolysis) is 1. The van der Waals surface area contributed by atoms with Gasteiger partial charge in [0, 0.05) is 13.5 Å². The Morgan fingerprint density at radius 2 is 2.06 bits per heavy atom. The number of ketones is 1. The predicted octanol–water partition coefficient (Wildman–Crippen LogP) is 1.23. The van der Waals surface area contributed by atoms with Crippen molar-refractivity contribution in [3.8, 4) is 0 Å². The highest BCUT2D eigenvalue weighted by molar-refractivity contribution is 5.91. The number of hydrogen-bond acceptors (Lipinski definition) is 5. The van der Waals surface area contributed by atoms with E-state index in [2.05, 4.69) is 5.32 Å². The zero-order valence-corrected chi connectivity index (χ0v) is 11.5. The Bertz CT molecular complexity index is 323. The molecule has 1 rings (SSSR count). The first kappa shape index (κ1) is 14.9. The number of carbonyl (C=O) groups is 2. The average Bonchev–Trinajstić information content (AvgIpc) is 2.21. The van der Waals surface area contributed by atoms with Gasteiger partial charge in [-0.2, -0.15) is 0 Å². The van der Waals surface area contributed by atoms with Crippen molar-refractivity contribution in [2.75, 3.05) is 7.11 Å². The number of hydrogen-bond donors (Lipinski definition) is 1. The van der Waals surface area contributed by atoms with Crippen LogP contribution in [-0.2, 0) is 19.0 Å². The molecule has 0 aromatic carbocycles. The molecule has 1 heterocycles. The van der Waals surface area contributed by atoms with Gasteiger partial charge in [-0.15, -0.1) is 0 Å². The van der Waals surface area contributed by atoms with Crippen LogP contribution in [0.2, 0.25) is 0 Å². The average molecular weight is 259 g/mol. The molecule has 0 aliphatic carbocycles. The third-order valence-electron chi connectivity index (χ3n) is 2.48. The van der Waals surface area contributed by atoms with Crippen LogP contribution in [0.4, 0.5) is 4.79 Å². The summed E-state index contributed by atoms with van der Waals surface area (Å²) in [5, 5.41) is 2.55. The summed E-state index contributed by atoms with van der Waals surface area (Å²) in [5.41, 5.74) is -0.593. The fourth-order valence-corrected chi connectivity index (χ4v) is 1.67. The van der Waals surface area contributed by atoms with Crippen molar-refractivity contribution >= 4 is 11.9 Å². The van der Waals surface area contributed by atoms with Gasteiger partial charge in [-0.1, -0.05) is 0 Å². The first-order chi connectivity index (χ1) is 8.23. The van der Waals surface area contributed by atoms with Gasteiger partial charge in [0.15, 0.2) is 12.1 Å². The third-order valence-corrected chi connectivity index (χ3v) is 2.48. The number of methoxy groups -OCH3 is 1. The summed E-state index contributed by atoms with van der Waals surface area (Å²) >= 11 is 0. The Kier molecular flexibility index (Phi) is 4.70. The number of nitrogens with one attached hydrogen (secondary N) is 1. The summed E-state index contributed by atoms with van der Waals surface area (Å²) in [6.45, 7) is 6.92. The first-order valence-corrected chi connectivity index (χ1v) is 5.94. The normalized spacial score (nSPS) is 28.9. The molecule has 0 bridgehead atoms. The molecule has 0 aromatic heterocycles. The lowest BCUT2D eigenvalue weighted by Gasteiger charge is -2.32. The molecular formula is C12H21NO5. The second kappa shape index (κ2) is 5.67. The zero-order valence-electron chi connectivity index (χ0n) is 11.5. The van der Waals surface area contributed by atoms with E-state index in [-0.39, 0.29) is 5.78 Å². The van der Waals surface area contributed by atoms with Gasteiger partial charge < -0.3 is 19.5 Å². The summed E-state index contributed by atoms with van der Waals surface area (Å²) in [7, 11) is 1.50. The molecule has 18 heavy (non-hydrogen) atoms. The van der Waals surface area contributed by atoms with Crippen LogP contribution < -0.4 is 5.32 Å². The topological polar surface area (TPSA) is 73.9 Å². The molecule has 0 radical (unpaired) electrons. The van der Waals surface area contributed by atoms with E-state index in [1.807, 2.05) is 0 Å². The zero-order chi connectivity index (χ0) is 13.9. The van der Waals surface area contributed by atoms with Crippen LogP contribution in [-0.4, -0.2) is 43.0 Å². The van der Waals surface area contributed by atoms with Gasteiger partial charge in [0.05, 0.1) is 6.04 Å². The number of rotatable bonds is 2. The van der Waals surface area contributed by atoms with Gasteiger partial charge in [0.2, 0.25) is 0 Å². The third kappa shape index (κ3) is 4.27.